The second-order valence-electron chi connectivity index (χ2n) is 4.25. The van der Waals surface area contributed by atoms with Crippen molar-refractivity contribution in [3.05, 3.63) is 11.9 Å². The molecule has 1 rings (SSSR count). The van der Waals surface area contributed by atoms with Crippen molar-refractivity contribution in [2.24, 2.45) is 14.1 Å². The summed E-state index contributed by atoms with van der Waals surface area (Å²) < 4.78 is 45.3. The standard InChI is InChI=1S/C11H16BF3N2O2/c1-5-19-9(18)7(2)12-10-16(3)6-8(17(10)4)11(13,14)15/h6-7H,5H2,1-4H3/q+1. The van der Waals surface area contributed by atoms with Crippen molar-refractivity contribution in [2.45, 2.75) is 25.8 Å². The fraction of sp³-hybridized carbons (Fsp3) is 0.636. The molecule has 0 amide bonds. The van der Waals surface area contributed by atoms with Crippen molar-refractivity contribution in [3.8, 4) is 0 Å². The highest BCUT2D eigenvalue weighted by Gasteiger charge is 2.41. The minimum absolute atomic E-state index is 0.240. The van der Waals surface area contributed by atoms with Crippen LogP contribution in [-0.2, 0) is 29.8 Å². The highest BCUT2D eigenvalue weighted by molar-refractivity contribution is 6.56. The number of halogens is 3. The molecule has 0 saturated heterocycles. The second-order valence-corrected chi connectivity index (χ2v) is 4.25. The Kier molecular flexibility index (Phi) is 4.65. The van der Waals surface area contributed by atoms with Crippen LogP contribution >= 0.6 is 0 Å². The number of alkyl halides is 3. The number of aryl methyl sites for hydroxylation is 1. The van der Waals surface area contributed by atoms with Gasteiger partial charge in [0, 0.05) is 5.82 Å². The maximum absolute atomic E-state index is 12.7. The summed E-state index contributed by atoms with van der Waals surface area (Å²) in [5, 5.41) is 0. The number of esters is 1. The predicted octanol–water partition coefficient (Wildman–Crippen LogP) is 0.569. The molecule has 0 N–H and O–H groups in total. The first kappa shape index (κ1) is 15.6. The molecule has 1 heterocycles. The molecule has 1 atom stereocenters. The summed E-state index contributed by atoms with van der Waals surface area (Å²) in [6.45, 7) is 3.50. The molecule has 19 heavy (non-hydrogen) atoms. The van der Waals surface area contributed by atoms with E-state index in [1.54, 1.807) is 13.8 Å². The maximum atomic E-state index is 12.7. The third kappa shape index (κ3) is 3.51. The fourth-order valence-corrected chi connectivity index (χ4v) is 1.75. The number of carbonyl (C=O) groups excluding carboxylic acids is 1. The molecule has 0 aliphatic carbocycles. The number of rotatable bonds is 4. The molecule has 1 unspecified atom stereocenters. The van der Waals surface area contributed by atoms with Crippen molar-refractivity contribution >= 4 is 19.0 Å². The van der Waals surface area contributed by atoms with Gasteiger partial charge in [0.1, 0.15) is 6.20 Å². The largest absolute Gasteiger partial charge is 0.466 e. The molecular weight excluding hydrogens is 260 g/mol. The Bertz CT molecular complexity index is 471. The van der Waals surface area contributed by atoms with Crippen LogP contribution in [0.25, 0.3) is 0 Å². The molecule has 0 bridgehead atoms. The summed E-state index contributed by atoms with van der Waals surface area (Å²) in [5.41, 5.74) is -0.467. The Morgan fingerprint density at radius 2 is 2.16 bits per heavy atom. The third-order valence-electron chi connectivity index (χ3n) is 2.73. The second kappa shape index (κ2) is 5.67. The zero-order valence-electron chi connectivity index (χ0n) is 11.3. The Morgan fingerprint density at radius 3 is 2.58 bits per heavy atom. The number of hydrogen-bond donors (Lipinski definition) is 0. The van der Waals surface area contributed by atoms with E-state index < -0.39 is 23.7 Å². The number of nitrogens with zero attached hydrogens (tertiary/aromatic N) is 2. The van der Waals surface area contributed by atoms with Crippen LogP contribution in [0.2, 0.25) is 5.82 Å². The lowest BCUT2D eigenvalue weighted by molar-refractivity contribution is -0.653. The first-order chi connectivity index (χ1) is 8.68. The van der Waals surface area contributed by atoms with Crippen LogP contribution in [0.4, 0.5) is 13.2 Å². The molecule has 1 aromatic heterocycles. The highest BCUT2D eigenvalue weighted by Crippen LogP contribution is 2.27. The zero-order valence-corrected chi connectivity index (χ0v) is 11.3. The molecule has 0 aliphatic heterocycles. The maximum Gasteiger partial charge on any atom is 0.457 e. The molecule has 0 spiro atoms. The van der Waals surface area contributed by atoms with E-state index in [1.165, 1.54) is 25.9 Å². The van der Waals surface area contributed by atoms with Crippen molar-refractivity contribution < 1.29 is 27.3 Å². The normalized spacial score (nSPS) is 13.2. The van der Waals surface area contributed by atoms with Crippen LogP contribution in [0, 0.1) is 0 Å². The summed E-state index contributed by atoms with van der Waals surface area (Å²) in [4.78, 5) is 11.5. The highest BCUT2D eigenvalue weighted by atomic mass is 19.4. The molecule has 105 valence electrons. The van der Waals surface area contributed by atoms with Crippen LogP contribution < -0.4 is 10.3 Å². The predicted molar refractivity (Wildman–Crippen MR) is 63.0 cm³/mol. The fourth-order valence-electron chi connectivity index (χ4n) is 1.75. The summed E-state index contributed by atoms with van der Waals surface area (Å²) in [5.74, 6) is -1.07. The van der Waals surface area contributed by atoms with Crippen molar-refractivity contribution in [1.82, 2.24) is 4.57 Å². The molecule has 1 radical (unpaired) electrons. The van der Waals surface area contributed by atoms with Crippen molar-refractivity contribution in [1.29, 1.82) is 0 Å². The van der Waals surface area contributed by atoms with Gasteiger partial charge in [0.2, 0.25) is 5.69 Å². The van der Waals surface area contributed by atoms with Gasteiger partial charge in [-0.3, -0.25) is 4.79 Å². The molecule has 0 fully saturated rings. The van der Waals surface area contributed by atoms with Gasteiger partial charge in [0.25, 0.3) is 7.28 Å². The van der Waals surface area contributed by atoms with Gasteiger partial charge in [-0.25, -0.2) is 9.13 Å². The summed E-state index contributed by atoms with van der Waals surface area (Å²) in [7, 11) is 4.26. The molecule has 1 aromatic rings. The van der Waals surface area contributed by atoms with Gasteiger partial charge in [-0.1, -0.05) is 6.92 Å². The van der Waals surface area contributed by atoms with Crippen LogP contribution in [0.5, 0.6) is 0 Å². The van der Waals surface area contributed by atoms with Gasteiger partial charge in [0.05, 0.1) is 20.7 Å². The summed E-state index contributed by atoms with van der Waals surface area (Å²) >= 11 is 0. The average Bonchev–Trinajstić information content (AvgIpc) is 2.56. The number of ether oxygens (including phenoxy) is 1. The van der Waals surface area contributed by atoms with Gasteiger partial charge in [0.15, 0.2) is 5.72 Å². The lowest BCUT2D eigenvalue weighted by atomic mass is 9.64. The Balaban J connectivity index is 2.97. The molecule has 0 saturated carbocycles. The van der Waals surface area contributed by atoms with Gasteiger partial charge >= 0.3 is 12.1 Å². The lowest BCUT2D eigenvalue weighted by Crippen LogP contribution is -2.51. The SMILES string of the molecule is CCOC(=O)C(C)[B]c1n(C)c(C(F)(F)F)c[n+]1C. The number of aromatic nitrogens is 2. The van der Waals surface area contributed by atoms with E-state index >= 15 is 0 Å². The van der Waals surface area contributed by atoms with E-state index in [9.17, 15) is 18.0 Å². The minimum atomic E-state index is -4.42. The van der Waals surface area contributed by atoms with Crippen LogP contribution in [0.15, 0.2) is 6.20 Å². The van der Waals surface area contributed by atoms with E-state index in [1.807, 2.05) is 0 Å². The topological polar surface area (TPSA) is 35.1 Å². The van der Waals surface area contributed by atoms with Crippen LogP contribution in [-0.4, -0.2) is 24.4 Å². The number of hydrogen-bond acceptors (Lipinski definition) is 2. The first-order valence-electron chi connectivity index (χ1n) is 5.82. The molecule has 0 aromatic carbocycles. The van der Waals surface area contributed by atoms with Crippen molar-refractivity contribution in [3.63, 3.8) is 0 Å². The minimum Gasteiger partial charge on any atom is -0.466 e. The monoisotopic (exact) mass is 276 g/mol. The molecule has 4 nitrogen and oxygen atoms in total. The van der Waals surface area contributed by atoms with E-state index in [0.717, 1.165) is 10.8 Å². The van der Waals surface area contributed by atoms with E-state index in [-0.39, 0.29) is 6.61 Å². The quantitative estimate of drug-likeness (QED) is 0.458. The molecular formula is C11H16BF3N2O2+. The van der Waals surface area contributed by atoms with E-state index in [0.29, 0.717) is 5.72 Å². The Hall–Kier alpha value is -1.47. The lowest BCUT2D eigenvalue weighted by Gasteiger charge is -2.08. The van der Waals surface area contributed by atoms with Crippen molar-refractivity contribution in [2.75, 3.05) is 6.61 Å². The third-order valence-corrected chi connectivity index (χ3v) is 2.73. The van der Waals surface area contributed by atoms with Gasteiger partial charge < -0.3 is 4.74 Å². The Labute approximate surface area is 110 Å². The van der Waals surface area contributed by atoms with Crippen LogP contribution in [0.3, 0.4) is 0 Å². The van der Waals surface area contributed by atoms with Gasteiger partial charge in [-0.15, -0.1) is 0 Å². The first-order valence-corrected chi connectivity index (χ1v) is 5.82. The summed E-state index contributed by atoms with van der Waals surface area (Å²) in [6.07, 6.45) is -3.44. The van der Waals surface area contributed by atoms with E-state index in [2.05, 4.69) is 0 Å². The zero-order chi connectivity index (χ0) is 14.8. The van der Waals surface area contributed by atoms with Gasteiger partial charge in [-0.2, -0.15) is 13.2 Å². The Morgan fingerprint density at radius 1 is 1.58 bits per heavy atom. The molecule has 8 heteroatoms. The average molecular weight is 276 g/mol. The number of carbonyl (C=O) groups is 1. The van der Waals surface area contributed by atoms with E-state index in [4.69, 9.17) is 4.74 Å². The molecule has 0 aliphatic rings. The number of imidazole rings is 1. The smallest absolute Gasteiger partial charge is 0.457 e. The van der Waals surface area contributed by atoms with Crippen LogP contribution in [0.1, 0.15) is 19.5 Å². The van der Waals surface area contributed by atoms with Gasteiger partial charge in [-0.05, 0) is 6.92 Å². The summed E-state index contributed by atoms with van der Waals surface area (Å²) in [6, 6.07) is 0.